The van der Waals surface area contributed by atoms with Crippen molar-refractivity contribution in [2.75, 3.05) is 14.2 Å². The third kappa shape index (κ3) is 2.09. The highest BCUT2D eigenvalue weighted by molar-refractivity contribution is 14.1. The largest absolute Gasteiger partial charge is 0.495 e. The predicted octanol–water partition coefficient (Wildman–Crippen LogP) is 1.48. The summed E-state index contributed by atoms with van der Waals surface area (Å²) in [6.45, 7) is 0. The molecular weight excluding hydrogens is 285 g/mol. The van der Waals surface area contributed by atoms with Crippen LogP contribution in [-0.4, -0.2) is 25.2 Å². The van der Waals surface area contributed by atoms with Crippen molar-refractivity contribution in [1.82, 2.24) is 4.98 Å². The maximum absolute atomic E-state index is 11.2. The van der Waals surface area contributed by atoms with Gasteiger partial charge in [-0.3, -0.25) is 4.98 Å². The number of aromatic nitrogens is 1. The number of nitrogens with zero attached hydrogens (tertiary/aromatic N) is 1. The van der Waals surface area contributed by atoms with Gasteiger partial charge in [0.25, 0.3) is 0 Å². The quantitative estimate of drug-likeness (QED) is 0.612. The number of pyridine rings is 1. The molecule has 0 bridgehead atoms. The van der Waals surface area contributed by atoms with Crippen LogP contribution >= 0.6 is 22.6 Å². The molecule has 1 rings (SSSR count). The van der Waals surface area contributed by atoms with Crippen molar-refractivity contribution in [3.8, 4) is 5.75 Å². The SMILES string of the molecule is COC(=O)c1cncc(I)c1OC. The predicted molar refractivity (Wildman–Crippen MR) is 54.8 cm³/mol. The molecule has 0 N–H and O–H groups in total. The molecule has 1 aromatic rings. The van der Waals surface area contributed by atoms with Gasteiger partial charge in [-0.05, 0) is 22.6 Å². The zero-order valence-corrected chi connectivity index (χ0v) is 9.36. The van der Waals surface area contributed by atoms with E-state index < -0.39 is 5.97 Å². The highest BCUT2D eigenvalue weighted by atomic mass is 127. The molecule has 0 aliphatic rings. The minimum absolute atomic E-state index is 0.344. The summed E-state index contributed by atoms with van der Waals surface area (Å²) < 4.78 is 10.4. The van der Waals surface area contributed by atoms with Crippen LogP contribution in [0.3, 0.4) is 0 Å². The van der Waals surface area contributed by atoms with Gasteiger partial charge in [0.15, 0.2) is 0 Å². The Morgan fingerprint density at radius 3 is 2.69 bits per heavy atom. The summed E-state index contributed by atoms with van der Waals surface area (Å²) in [6.07, 6.45) is 3.04. The van der Waals surface area contributed by atoms with E-state index in [4.69, 9.17) is 4.74 Å². The maximum Gasteiger partial charge on any atom is 0.343 e. The monoisotopic (exact) mass is 293 g/mol. The Bertz CT molecular complexity index is 327. The zero-order chi connectivity index (χ0) is 9.84. The fraction of sp³-hybridized carbons (Fsp3) is 0.250. The first-order valence-electron chi connectivity index (χ1n) is 3.46. The van der Waals surface area contributed by atoms with Gasteiger partial charge >= 0.3 is 5.97 Å². The summed E-state index contributed by atoms with van der Waals surface area (Å²) in [5.41, 5.74) is 0.344. The molecule has 13 heavy (non-hydrogen) atoms. The van der Waals surface area contributed by atoms with Gasteiger partial charge in [0.2, 0.25) is 0 Å². The fourth-order valence-corrected chi connectivity index (χ4v) is 1.56. The molecule has 0 aromatic carbocycles. The van der Waals surface area contributed by atoms with Crippen molar-refractivity contribution in [2.45, 2.75) is 0 Å². The van der Waals surface area contributed by atoms with E-state index in [1.807, 2.05) is 22.6 Å². The van der Waals surface area contributed by atoms with Gasteiger partial charge in [0.05, 0.1) is 17.8 Å². The fourth-order valence-electron chi connectivity index (χ4n) is 0.886. The van der Waals surface area contributed by atoms with Crippen LogP contribution in [0, 0.1) is 3.57 Å². The molecule has 4 nitrogen and oxygen atoms in total. The van der Waals surface area contributed by atoms with Gasteiger partial charge in [-0.15, -0.1) is 0 Å². The second kappa shape index (κ2) is 4.40. The molecule has 0 radical (unpaired) electrons. The lowest BCUT2D eigenvalue weighted by Crippen LogP contribution is -2.05. The highest BCUT2D eigenvalue weighted by Crippen LogP contribution is 2.24. The number of hydrogen-bond donors (Lipinski definition) is 0. The molecule has 0 spiro atoms. The number of ether oxygens (including phenoxy) is 2. The molecule has 0 aliphatic carbocycles. The number of carbonyl (C=O) groups is 1. The summed E-state index contributed by atoms with van der Waals surface area (Å²) >= 11 is 2.04. The first kappa shape index (κ1) is 10.2. The van der Waals surface area contributed by atoms with Crippen molar-refractivity contribution in [3.05, 3.63) is 21.5 Å². The van der Waals surface area contributed by atoms with E-state index in [2.05, 4.69) is 9.72 Å². The van der Waals surface area contributed by atoms with Crippen molar-refractivity contribution in [1.29, 1.82) is 0 Å². The molecule has 0 saturated carbocycles. The Morgan fingerprint density at radius 1 is 1.46 bits per heavy atom. The van der Waals surface area contributed by atoms with Gasteiger partial charge < -0.3 is 9.47 Å². The number of carbonyl (C=O) groups excluding carboxylic acids is 1. The molecule has 0 aliphatic heterocycles. The average Bonchev–Trinajstić information content (AvgIpc) is 2.16. The molecule has 0 fully saturated rings. The van der Waals surface area contributed by atoms with Gasteiger partial charge in [0, 0.05) is 12.4 Å². The lowest BCUT2D eigenvalue weighted by molar-refractivity contribution is 0.0596. The van der Waals surface area contributed by atoms with Gasteiger partial charge in [-0.25, -0.2) is 4.79 Å². The van der Waals surface area contributed by atoms with E-state index in [-0.39, 0.29) is 0 Å². The van der Waals surface area contributed by atoms with Crippen molar-refractivity contribution in [3.63, 3.8) is 0 Å². The molecule has 0 saturated heterocycles. The highest BCUT2D eigenvalue weighted by Gasteiger charge is 2.15. The Hall–Kier alpha value is -0.850. The van der Waals surface area contributed by atoms with E-state index >= 15 is 0 Å². The van der Waals surface area contributed by atoms with Gasteiger partial charge in [-0.1, -0.05) is 0 Å². The van der Waals surface area contributed by atoms with E-state index in [1.165, 1.54) is 20.4 Å². The summed E-state index contributed by atoms with van der Waals surface area (Å²) in [7, 11) is 2.82. The molecule has 1 aromatic heterocycles. The molecule has 0 amide bonds. The standard InChI is InChI=1S/C8H8INO3/c1-12-7-5(8(11)13-2)3-10-4-6(7)9/h3-4H,1-2H3. The Balaban J connectivity index is 3.20. The Morgan fingerprint density at radius 2 is 2.15 bits per heavy atom. The smallest absolute Gasteiger partial charge is 0.343 e. The first-order valence-corrected chi connectivity index (χ1v) is 4.54. The number of rotatable bonds is 2. The van der Waals surface area contributed by atoms with Gasteiger partial charge in [0.1, 0.15) is 11.3 Å². The van der Waals surface area contributed by atoms with Crippen LogP contribution in [0.1, 0.15) is 10.4 Å². The number of esters is 1. The Kier molecular flexibility index (Phi) is 3.47. The average molecular weight is 293 g/mol. The summed E-state index contributed by atoms with van der Waals surface area (Å²) in [4.78, 5) is 15.1. The second-order valence-corrected chi connectivity index (χ2v) is 3.36. The van der Waals surface area contributed by atoms with Gasteiger partial charge in [-0.2, -0.15) is 0 Å². The molecular formula is C8H8INO3. The van der Waals surface area contributed by atoms with E-state index in [0.29, 0.717) is 11.3 Å². The van der Waals surface area contributed by atoms with Crippen LogP contribution in [-0.2, 0) is 4.74 Å². The normalized spacial score (nSPS) is 9.46. The number of hydrogen-bond acceptors (Lipinski definition) is 4. The molecule has 70 valence electrons. The number of halogens is 1. The van der Waals surface area contributed by atoms with Crippen LogP contribution in [0.4, 0.5) is 0 Å². The lowest BCUT2D eigenvalue weighted by atomic mass is 10.2. The van der Waals surface area contributed by atoms with Crippen LogP contribution in [0.2, 0.25) is 0 Å². The molecule has 1 heterocycles. The Labute approximate surface area is 89.4 Å². The van der Waals surface area contributed by atoms with Crippen molar-refractivity contribution >= 4 is 28.6 Å². The summed E-state index contributed by atoms with van der Waals surface area (Å²) in [5, 5.41) is 0. The van der Waals surface area contributed by atoms with Crippen LogP contribution in [0.15, 0.2) is 12.4 Å². The van der Waals surface area contributed by atoms with Crippen molar-refractivity contribution in [2.24, 2.45) is 0 Å². The second-order valence-electron chi connectivity index (χ2n) is 2.19. The third-order valence-electron chi connectivity index (χ3n) is 1.46. The maximum atomic E-state index is 11.2. The number of methoxy groups -OCH3 is 2. The third-order valence-corrected chi connectivity index (χ3v) is 2.23. The zero-order valence-electron chi connectivity index (χ0n) is 7.20. The van der Waals surface area contributed by atoms with Crippen LogP contribution in [0.5, 0.6) is 5.75 Å². The molecule has 0 unspecified atom stereocenters. The van der Waals surface area contributed by atoms with E-state index in [9.17, 15) is 4.79 Å². The molecule has 0 atom stereocenters. The van der Waals surface area contributed by atoms with E-state index in [1.54, 1.807) is 6.20 Å². The van der Waals surface area contributed by atoms with Crippen LogP contribution in [0.25, 0.3) is 0 Å². The summed E-state index contributed by atoms with van der Waals surface area (Å²) in [5.74, 6) is 0.0605. The van der Waals surface area contributed by atoms with Crippen LogP contribution < -0.4 is 4.74 Å². The first-order chi connectivity index (χ1) is 6.20. The topological polar surface area (TPSA) is 48.4 Å². The summed E-state index contributed by atoms with van der Waals surface area (Å²) in [6, 6.07) is 0. The van der Waals surface area contributed by atoms with Crippen molar-refractivity contribution < 1.29 is 14.3 Å². The lowest BCUT2D eigenvalue weighted by Gasteiger charge is -2.06. The minimum atomic E-state index is -0.442. The molecule has 5 heteroatoms. The van der Waals surface area contributed by atoms with E-state index in [0.717, 1.165) is 3.57 Å². The minimum Gasteiger partial charge on any atom is -0.495 e.